The van der Waals surface area contributed by atoms with E-state index in [1.165, 1.54) is 6.42 Å². The minimum atomic E-state index is -0.218. The second kappa shape index (κ2) is 6.37. The molecule has 1 aliphatic heterocycles. The Hall–Kier alpha value is -1.59. The molecule has 1 saturated carbocycles. The van der Waals surface area contributed by atoms with Crippen LogP contribution in [0.25, 0.3) is 0 Å². The number of carbonyl (C=O) groups is 1. The van der Waals surface area contributed by atoms with Gasteiger partial charge in [-0.2, -0.15) is 5.48 Å². The van der Waals surface area contributed by atoms with Crippen LogP contribution in [0.5, 0.6) is 11.5 Å². The standard InChI is InChI=1S/C19H27NO4/c1-11(2)18(21)23-17-12(3)9-15-16(13(17)4)14(20-22-5)10-19(24-15)7-6-8-19/h9,11,14,20H,6-8,10H2,1-5H3. The molecule has 3 rings (SSSR count). The van der Waals surface area contributed by atoms with Gasteiger partial charge in [0.05, 0.1) is 19.1 Å². The molecule has 1 aliphatic carbocycles. The molecule has 24 heavy (non-hydrogen) atoms. The highest BCUT2D eigenvalue weighted by Crippen LogP contribution is 2.51. The number of hydroxylamine groups is 1. The first-order chi connectivity index (χ1) is 11.4. The SMILES string of the molecule is CONC1CC2(CCC2)Oc2cc(C)c(OC(=O)C(C)C)c(C)c21. The van der Waals surface area contributed by atoms with E-state index >= 15 is 0 Å². The van der Waals surface area contributed by atoms with Gasteiger partial charge in [0.25, 0.3) is 0 Å². The maximum absolute atomic E-state index is 12.1. The third-order valence-electron chi connectivity index (χ3n) is 5.17. The Labute approximate surface area is 143 Å². The molecular formula is C19H27NO4. The second-order valence-electron chi connectivity index (χ2n) is 7.35. The van der Waals surface area contributed by atoms with Crippen molar-refractivity contribution in [2.45, 2.75) is 65.0 Å². The molecule has 132 valence electrons. The highest BCUT2D eigenvalue weighted by molar-refractivity contribution is 5.75. The summed E-state index contributed by atoms with van der Waals surface area (Å²) in [7, 11) is 1.63. The maximum Gasteiger partial charge on any atom is 0.313 e. The summed E-state index contributed by atoms with van der Waals surface area (Å²) in [6, 6.07) is 2.03. The maximum atomic E-state index is 12.1. The van der Waals surface area contributed by atoms with E-state index in [9.17, 15) is 4.79 Å². The van der Waals surface area contributed by atoms with Crippen LogP contribution in [-0.2, 0) is 9.63 Å². The summed E-state index contributed by atoms with van der Waals surface area (Å²) in [6.45, 7) is 7.62. The number of aryl methyl sites for hydroxylation is 1. The summed E-state index contributed by atoms with van der Waals surface area (Å²) < 4.78 is 12.0. The van der Waals surface area contributed by atoms with Gasteiger partial charge in [-0.3, -0.25) is 4.79 Å². The third kappa shape index (κ3) is 2.91. The molecule has 1 atom stereocenters. The van der Waals surface area contributed by atoms with Gasteiger partial charge in [-0.25, -0.2) is 0 Å². The van der Waals surface area contributed by atoms with E-state index in [2.05, 4.69) is 5.48 Å². The lowest BCUT2D eigenvalue weighted by Gasteiger charge is -2.48. The van der Waals surface area contributed by atoms with Crippen molar-refractivity contribution in [3.05, 3.63) is 22.8 Å². The van der Waals surface area contributed by atoms with Crippen molar-refractivity contribution in [1.29, 1.82) is 0 Å². The summed E-state index contributed by atoms with van der Waals surface area (Å²) in [5.41, 5.74) is 5.94. The number of fused-ring (bicyclic) bond motifs is 1. The lowest BCUT2D eigenvalue weighted by molar-refractivity contribution is -0.137. The summed E-state index contributed by atoms with van der Waals surface area (Å²) in [4.78, 5) is 17.3. The van der Waals surface area contributed by atoms with Crippen molar-refractivity contribution >= 4 is 5.97 Å². The minimum Gasteiger partial charge on any atom is -0.487 e. The molecule has 5 nitrogen and oxygen atoms in total. The molecule has 1 aromatic carbocycles. The van der Waals surface area contributed by atoms with E-state index in [1.54, 1.807) is 7.11 Å². The fourth-order valence-electron chi connectivity index (χ4n) is 3.70. The van der Waals surface area contributed by atoms with Gasteiger partial charge in [0.1, 0.15) is 17.1 Å². The number of esters is 1. The van der Waals surface area contributed by atoms with Gasteiger partial charge in [-0.15, -0.1) is 0 Å². The van der Waals surface area contributed by atoms with Gasteiger partial charge in [-0.1, -0.05) is 13.8 Å². The van der Waals surface area contributed by atoms with E-state index in [0.717, 1.165) is 41.7 Å². The first-order valence-electron chi connectivity index (χ1n) is 8.70. The Balaban J connectivity index is 2.02. The Morgan fingerprint density at radius 1 is 1.38 bits per heavy atom. The minimum absolute atomic E-state index is 0.0381. The molecule has 1 N–H and O–H groups in total. The van der Waals surface area contributed by atoms with Crippen molar-refractivity contribution < 1.29 is 19.1 Å². The predicted molar refractivity (Wildman–Crippen MR) is 91.1 cm³/mol. The van der Waals surface area contributed by atoms with E-state index in [4.69, 9.17) is 14.3 Å². The quantitative estimate of drug-likeness (QED) is 0.516. The number of hydrogen-bond acceptors (Lipinski definition) is 5. The van der Waals surface area contributed by atoms with Crippen LogP contribution in [0.4, 0.5) is 0 Å². The largest absolute Gasteiger partial charge is 0.487 e. The van der Waals surface area contributed by atoms with Crippen LogP contribution in [-0.4, -0.2) is 18.7 Å². The number of ether oxygens (including phenoxy) is 2. The van der Waals surface area contributed by atoms with E-state index in [0.29, 0.717) is 5.75 Å². The Morgan fingerprint density at radius 2 is 2.08 bits per heavy atom. The lowest BCUT2D eigenvalue weighted by Crippen LogP contribution is -2.49. The third-order valence-corrected chi connectivity index (χ3v) is 5.17. The van der Waals surface area contributed by atoms with Crippen LogP contribution >= 0.6 is 0 Å². The fraction of sp³-hybridized carbons (Fsp3) is 0.632. The molecule has 1 aromatic rings. The molecular weight excluding hydrogens is 306 g/mol. The Morgan fingerprint density at radius 3 is 2.62 bits per heavy atom. The molecule has 1 heterocycles. The Kier molecular flexibility index (Phi) is 4.58. The van der Waals surface area contributed by atoms with Crippen molar-refractivity contribution in [3.63, 3.8) is 0 Å². The van der Waals surface area contributed by atoms with Crippen molar-refractivity contribution in [2.24, 2.45) is 5.92 Å². The smallest absolute Gasteiger partial charge is 0.313 e. The first-order valence-corrected chi connectivity index (χ1v) is 8.70. The number of nitrogens with one attached hydrogen (secondary N) is 1. The zero-order chi connectivity index (χ0) is 17.5. The van der Waals surface area contributed by atoms with Crippen LogP contribution in [0.3, 0.4) is 0 Å². The van der Waals surface area contributed by atoms with Crippen molar-refractivity contribution in [2.75, 3.05) is 7.11 Å². The molecule has 0 aromatic heterocycles. The average molecular weight is 333 g/mol. The van der Waals surface area contributed by atoms with Gasteiger partial charge < -0.3 is 14.3 Å². The molecule has 1 fully saturated rings. The van der Waals surface area contributed by atoms with Crippen molar-refractivity contribution in [3.8, 4) is 11.5 Å². The highest BCUT2D eigenvalue weighted by atomic mass is 16.6. The zero-order valence-corrected chi connectivity index (χ0v) is 15.2. The number of rotatable bonds is 4. The molecule has 1 spiro atoms. The molecule has 0 bridgehead atoms. The van der Waals surface area contributed by atoms with Gasteiger partial charge in [0.2, 0.25) is 0 Å². The second-order valence-corrected chi connectivity index (χ2v) is 7.35. The van der Waals surface area contributed by atoms with E-state index in [1.807, 2.05) is 33.8 Å². The van der Waals surface area contributed by atoms with Crippen molar-refractivity contribution in [1.82, 2.24) is 5.48 Å². The molecule has 2 aliphatic rings. The number of benzene rings is 1. The highest BCUT2D eigenvalue weighted by Gasteiger charge is 2.46. The topological polar surface area (TPSA) is 56.8 Å². The number of hydrogen-bond donors (Lipinski definition) is 1. The van der Waals surface area contributed by atoms with Gasteiger partial charge >= 0.3 is 5.97 Å². The monoisotopic (exact) mass is 333 g/mol. The van der Waals surface area contributed by atoms with Crippen LogP contribution in [0, 0.1) is 19.8 Å². The summed E-state index contributed by atoms with van der Waals surface area (Å²) in [5.74, 6) is 1.14. The number of carbonyl (C=O) groups excluding carboxylic acids is 1. The first kappa shape index (κ1) is 17.2. The Bertz CT molecular complexity index is 649. The molecule has 0 radical (unpaired) electrons. The summed E-state index contributed by atoms with van der Waals surface area (Å²) in [5, 5.41) is 0. The van der Waals surface area contributed by atoms with E-state index < -0.39 is 0 Å². The van der Waals surface area contributed by atoms with Crippen LogP contribution in [0.15, 0.2) is 6.07 Å². The van der Waals surface area contributed by atoms with E-state index in [-0.39, 0.29) is 23.5 Å². The lowest BCUT2D eigenvalue weighted by atomic mass is 9.72. The predicted octanol–water partition coefficient (Wildman–Crippen LogP) is 3.76. The average Bonchev–Trinajstić information content (AvgIpc) is 2.49. The van der Waals surface area contributed by atoms with Crippen LogP contribution < -0.4 is 15.0 Å². The fourth-order valence-corrected chi connectivity index (χ4v) is 3.70. The van der Waals surface area contributed by atoms with Gasteiger partial charge in [-0.05, 0) is 44.7 Å². The summed E-state index contributed by atoms with van der Waals surface area (Å²) >= 11 is 0. The molecule has 0 saturated heterocycles. The van der Waals surface area contributed by atoms with Crippen LogP contribution in [0.2, 0.25) is 0 Å². The zero-order valence-electron chi connectivity index (χ0n) is 15.2. The van der Waals surface area contributed by atoms with Gasteiger partial charge in [0.15, 0.2) is 0 Å². The normalized spacial score (nSPS) is 21.2. The molecule has 5 heteroatoms. The molecule has 0 amide bonds. The van der Waals surface area contributed by atoms with Gasteiger partial charge in [0, 0.05) is 17.5 Å². The van der Waals surface area contributed by atoms with Crippen LogP contribution in [0.1, 0.15) is 62.3 Å². The molecule has 1 unspecified atom stereocenters. The summed E-state index contributed by atoms with van der Waals surface area (Å²) in [6.07, 6.45) is 4.24.